The first-order valence-corrected chi connectivity index (χ1v) is 20.8. The first-order valence-electron chi connectivity index (χ1n) is 20.8. The third kappa shape index (κ3) is 32.8. The molecule has 0 aliphatic heterocycles. The Morgan fingerprint density at radius 1 is 0.571 bits per heavy atom. The zero-order valence-corrected chi connectivity index (χ0v) is 32.6. The SMILES string of the molecule is CCCCCCCC/C=C/CCCCCCCC(=O)OC(CCCCCCC/C=C/CCCCCCCC)CC(=O)N[C@H](C(=O)O)C(C)C. The number of allylic oxidation sites excluding steroid dienone is 4. The van der Waals surface area contributed by atoms with E-state index < -0.39 is 18.1 Å². The molecule has 2 N–H and O–H groups in total. The van der Waals surface area contributed by atoms with E-state index in [0.717, 1.165) is 51.4 Å². The molecule has 0 spiro atoms. The predicted octanol–water partition coefficient (Wildman–Crippen LogP) is 12.6. The van der Waals surface area contributed by atoms with Crippen LogP contribution in [0.1, 0.15) is 214 Å². The van der Waals surface area contributed by atoms with Crippen LogP contribution >= 0.6 is 0 Å². The first kappa shape index (κ1) is 46.9. The van der Waals surface area contributed by atoms with Crippen molar-refractivity contribution in [3.8, 4) is 0 Å². The highest BCUT2D eigenvalue weighted by Crippen LogP contribution is 2.17. The lowest BCUT2D eigenvalue weighted by Crippen LogP contribution is -2.45. The number of carboxylic acids is 1. The van der Waals surface area contributed by atoms with Crippen LogP contribution in [0.4, 0.5) is 0 Å². The molecule has 0 aliphatic rings. The highest BCUT2D eigenvalue weighted by molar-refractivity contribution is 5.84. The summed E-state index contributed by atoms with van der Waals surface area (Å²) in [5, 5.41) is 12.1. The fourth-order valence-corrected chi connectivity index (χ4v) is 6.18. The van der Waals surface area contributed by atoms with Crippen molar-refractivity contribution in [3.05, 3.63) is 24.3 Å². The van der Waals surface area contributed by atoms with Crippen LogP contribution < -0.4 is 5.32 Å². The van der Waals surface area contributed by atoms with Crippen LogP contribution in [0, 0.1) is 5.92 Å². The Morgan fingerprint density at radius 2 is 0.959 bits per heavy atom. The Kier molecular flexibility index (Phi) is 34.2. The maximum absolute atomic E-state index is 12.7. The number of rotatable bonds is 36. The summed E-state index contributed by atoms with van der Waals surface area (Å²) in [4.78, 5) is 37.0. The van der Waals surface area contributed by atoms with Crippen LogP contribution in [-0.4, -0.2) is 35.1 Å². The molecule has 6 heteroatoms. The smallest absolute Gasteiger partial charge is 0.326 e. The number of esters is 1. The number of carboxylic acid groups (broad SMARTS) is 1. The number of hydrogen-bond acceptors (Lipinski definition) is 4. The second-order valence-electron chi connectivity index (χ2n) is 14.7. The molecule has 1 amide bonds. The van der Waals surface area contributed by atoms with Crippen LogP contribution in [0.25, 0.3) is 0 Å². The Morgan fingerprint density at radius 3 is 1.37 bits per heavy atom. The van der Waals surface area contributed by atoms with E-state index in [4.69, 9.17) is 4.74 Å². The summed E-state index contributed by atoms with van der Waals surface area (Å²) in [6.45, 7) is 8.06. The van der Waals surface area contributed by atoms with Crippen LogP contribution in [0.2, 0.25) is 0 Å². The Hall–Kier alpha value is -2.11. The van der Waals surface area contributed by atoms with E-state index >= 15 is 0 Å². The number of ether oxygens (including phenoxy) is 1. The molecule has 0 bridgehead atoms. The lowest BCUT2D eigenvalue weighted by atomic mass is 10.0. The fourth-order valence-electron chi connectivity index (χ4n) is 6.18. The minimum Gasteiger partial charge on any atom is -0.480 e. The first-order chi connectivity index (χ1) is 23.8. The van der Waals surface area contributed by atoms with Crippen molar-refractivity contribution < 1.29 is 24.2 Å². The standard InChI is InChI=1S/C43H79NO5/c1-5-7-9-11-13-15-17-19-21-23-25-27-29-31-33-35-39(37-40(45)44-42(38(3)4)43(47)48)49-41(46)36-34-32-30-28-26-24-22-20-18-16-14-12-10-8-6-2/h19-22,38-39,42H,5-18,23-37H2,1-4H3,(H,44,45)(H,47,48)/b21-19+,22-20+/t39?,42-/m0/s1. The number of nitrogens with one attached hydrogen (secondary N) is 1. The molecule has 0 aromatic carbocycles. The van der Waals surface area contributed by atoms with Gasteiger partial charge in [0, 0.05) is 6.42 Å². The molecule has 6 nitrogen and oxygen atoms in total. The number of aliphatic carboxylic acids is 1. The maximum Gasteiger partial charge on any atom is 0.326 e. The van der Waals surface area contributed by atoms with Crippen molar-refractivity contribution in [1.82, 2.24) is 5.32 Å². The number of hydrogen-bond donors (Lipinski definition) is 2. The molecule has 0 saturated heterocycles. The van der Waals surface area contributed by atoms with Gasteiger partial charge in [0.1, 0.15) is 12.1 Å². The topological polar surface area (TPSA) is 92.7 Å². The molecule has 286 valence electrons. The van der Waals surface area contributed by atoms with Crippen LogP contribution in [0.3, 0.4) is 0 Å². The maximum atomic E-state index is 12.7. The van der Waals surface area contributed by atoms with Gasteiger partial charge < -0.3 is 15.2 Å². The van der Waals surface area contributed by atoms with Gasteiger partial charge in [0.15, 0.2) is 0 Å². The molecule has 49 heavy (non-hydrogen) atoms. The largest absolute Gasteiger partial charge is 0.480 e. The van der Waals surface area contributed by atoms with E-state index in [1.165, 1.54) is 116 Å². The minimum atomic E-state index is -1.04. The third-order valence-electron chi connectivity index (χ3n) is 9.39. The van der Waals surface area contributed by atoms with Crippen molar-refractivity contribution >= 4 is 17.8 Å². The summed E-state index contributed by atoms with van der Waals surface area (Å²) >= 11 is 0. The second-order valence-corrected chi connectivity index (χ2v) is 14.7. The highest BCUT2D eigenvalue weighted by atomic mass is 16.5. The average Bonchev–Trinajstić information content (AvgIpc) is 3.06. The van der Waals surface area contributed by atoms with Crippen molar-refractivity contribution in [2.75, 3.05) is 0 Å². The van der Waals surface area contributed by atoms with E-state index in [1.54, 1.807) is 13.8 Å². The monoisotopic (exact) mass is 690 g/mol. The predicted molar refractivity (Wildman–Crippen MR) is 208 cm³/mol. The van der Waals surface area contributed by atoms with E-state index in [-0.39, 0.29) is 24.2 Å². The van der Waals surface area contributed by atoms with E-state index in [2.05, 4.69) is 43.5 Å². The molecule has 2 atom stereocenters. The molecule has 0 fully saturated rings. The van der Waals surface area contributed by atoms with Crippen molar-refractivity contribution in [3.63, 3.8) is 0 Å². The van der Waals surface area contributed by atoms with Gasteiger partial charge in [-0.25, -0.2) is 4.79 Å². The zero-order chi connectivity index (χ0) is 36.2. The van der Waals surface area contributed by atoms with Crippen LogP contribution in [0.15, 0.2) is 24.3 Å². The number of unbranched alkanes of at least 4 members (excludes halogenated alkanes) is 22. The quantitative estimate of drug-likeness (QED) is 0.0388. The van der Waals surface area contributed by atoms with Gasteiger partial charge in [-0.05, 0) is 76.5 Å². The molecular weight excluding hydrogens is 610 g/mol. The zero-order valence-electron chi connectivity index (χ0n) is 32.6. The molecule has 0 saturated carbocycles. The van der Waals surface area contributed by atoms with Crippen molar-refractivity contribution in [1.29, 1.82) is 0 Å². The Balaban J connectivity index is 4.31. The van der Waals surface area contributed by atoms with Gasteiger partial charge in [-0.3, -0.25) is 9.59 Å². The van der Waals surface area contributed by atoms with Gasteiger partial charge in [-0.15, -0.1) is 0 Å². The summed E-state index contributed by atoms with van der Waals surface area (Å²) in [5.74, 6) is -1.89. The van der Waals surface area contributed by atoms with E-state index in [1.807, 2.05) is 0 Å². The van der Waals surface area contributed by atoms with Gasteiger partial charge in [-0.2, -0.15) is 0 Å². The van der Waals surface area contributed by atoms with Gasteiger partial charge in [-0.1, -0.05) is 155 Å². The van der Waals surface area contributed by atoms with Gasteiger partial charge in [0.05, 0.1) is 6.42 Å². The van der Waals surface area contributed by atoms with E-state index in [0.29, 0.717) is 12.8 Å². The number of amides is 1. The van der Waals surface area contributed by atoms with Crippen LogP contribution in [0.5, 0.6) is 0 Å². The lowest BCUT2D eigenvalue weighted by Gasteiger charge is -2.21. The number of carbonyl (C=O) groups excluding carboxylic acids is 2. The Bertz CT molecular complexity index is 836. The Labute approximate surface area is 303 Å². The van der Waals surface area contributed by atoms with Gasteiger partial charge in [0.25, 0.3) is 0 Å². The van der Waals surface area contributed by atoms with Crippen LogP contribution in [-0.2, 0) is 19.1 Å². The molecular formula is C43H79NO5. The summed E-state index contributed by atoms with van der Waals surface area (Å²) in [6, 6.07) is -0.945. The molecule has 0 rings (SSSR count). The molecule has 0 aliphatic carbocycles. The third-order valence-corrected chi connectivity index (χ3v) is 9.39. The summed E-state index contributed by atoms with van der Waals surface area (Å²) < 4.78 is 5.80. The highest BCUT2D eigenvalue weighted by Gasteiger charge is 2.26. The molecule has 0 radical (unpaired) electrons. The number of carbonyl (C=O) groups is 3. The molecule has 0 aromatic rings. The van der Waals surface area contributed by atoms with Crippen molar-refractivity contribution in [2.24, 2.45) is 5.92 Å². The van der Waals surface area contributed by atoms with E-state index in [9.17, 15) is 19.5 Å². The summed E-state index contributed by atoms with van der Waals surface area (Å²) in [7, 11) is 0. The minimum absolute atomic E-state index is 0.0119. The summed E-state index contributed by atoms with van der Waals surface area (Å²) in [5.41, 5.74) is 0. The van der Waals surface area contributed by atoms with Crippen molar-refractivity contribution in [2.45, 2.75) is 226 Å². The fraction of sp³-hybridized carbons (Fsp3) is 0.837. The average molecular weight is 690 g/mol. The second kappa shape index (κ2) is 35.7. The molecule has 0 aromatic heterocycles. The molecule has 0 heterocycles. The normalized spacial score (nSPS) is 13.0. The van der Waals surface area contributed by atoms with Gasteiger partial charge in [0.2, 0.25) is 5.91 Å². The van der Waals surface area contributed by atoms with Gasteiger partial charge >= 0.3 is 11.9 Å². The molecule has 1 unspecified atom stereocenters. The summed E-state index contributed by atoms with van der Waals surface area (Å²) in [6.07, 6.45) is 41.3. The lowest BCUT2D eigenvalue weighted by molar-refractivity contribution is -0.152.